The van der Waals surface area contributed by atoms with Crippen LogP contribution in [0.15, 0.2) is 6.07 Å². The smallest absolute Gasteiger partial charge is 0.135 e. The summed E-state index contributed by atoms with van der Waals surface area (Å²) in [7, 11) is 0. The Morgan fingerprint density at radius 2 is 1.89 bits per heavy atom. The van der Waals surface area contributed by atoms with Gasteiger partial charge in [0.1, 0.15) is 16.8 Å². The number of anilines is 1. The van der Waals surface area contributed by atoms with E-state index in [0.29, 0.717) is 5.15 Å². The van der Waals surface area contributed by atoms with E-state index in [-0.39, 0.29) is 18.1 Å². The zero-order valence-electron chi connectivity index (χ0n) is 11.4. The van der Waals surface area contributed by atoms with Gasteiger partial charge < -0.3 is 9.64 Å². The van der Waals surface area contributed by atoms with Crippen molar-refractivity contribution < 1.29 is 4.74 Å². The quantitative estimate of drug-likeness (QED) is 0.774. The molecule has 0 radical (unpaired) electrons. The van der Waals surface area contributed by atoms with Crippen LogP contribution in [0.1, 0.15) is 39.4 Å². The molecule has 1 fully saturated rings. The molecule has 5 heteroatoms. The molecule has 0 N–H and O–H groups in total. The summed E-state index contributed by atoms with van der Waals surface area (Å²) in [5.74, 6) is 1.98. The Balaban J connectivity index is 2.26. The number of hydrogen-bond donors (Lipinski definition) is 0. The second kappa shape index (κ2) is 5.41. The summed E-state index contributed by atoms with van der Waals surface area (Å²) in [6.45, 7) is 9.98. The van der Waals surface area contributed by atoms with Gasteiger partial charge in [-0.05, 0) is 13.8 Å². The first kappa shape index (κ1) is 13.6. The summed E-state index contributed by atoms with van der Waals surface area (Å²) in [4.78, 5) is 11.1. The first-order valence-corrected chi connectivity index (χ1v) is 6.78. The molecule has 1 saturated heterocycles. The summed E-state index contributed by atoms with van der Waals surface area (Å²) >= 11 is 6.08. The predicted octanol–water partition coefficient (Wildman–Crippen LogP) is 2.87. The molecule has 0 spiro atoms. The molecule has 2 rings (SSSR count). The zero-order chi connectivity index (χ0) is 13.3. The number of halogens is 1. The molecule has 2 atom stereocenters. The molecule has 1 aromatic heterocycles. The van der Waals surface area contributed by atoms with Crippen molar-refractivity contribution in [2.24, 2.45) is 0 Å². The summed E-state index contributed by atoms with van der Waals surface area (Å²) in [6.07, 6.45) is 0.426. The van der Waals surface area contributed by atoms with E-state index in [1.165, 1.54) is 0 Å². The van der Waals surface area contributed by atoms with Crippen LogP contribution in [0.5, 0.6) is 0 Å². The maximum Gasteiger partial charge on any atom is 0.135 e. The van der Waals surface area contributed by atoms with Gasteiger partial charge in [-0.2, -0.15) is 0 Å². The first-order valence-electron chi connectivity index (χ1n) is 6.40. The monoisotopic (exact) mass is 269 g/mol. The van der Waals surface area contributed by atoms with Crippen molar-refractivity contribution in [3.05, 3.63) is 17.0 Å². The van der Waals surface area contributed by atoms with Crippen molar-refractivity contribution in [3.8, 4) is 0 Å². The largest absolute Gasteiger partial charge is 0.372 e. The normalized spacial score (nSPS) is 24.7. The average Bonchev–Trinajstić information content (AvgIpc) is 2.26. The van der Waals surface area contributed by atoms with E-state index < -0.39 is 0 Å². The summed E-state index contributed by atoms with van der Waals surface area (Å²) in [6, 6.07) is 1.83. The number of nitrogens with zero attached hydrogens (tertiary/aromatic N) is 3. The lowest BCUT2D eigenvalue weighted by Crippen LogP contribution is -2.46. The predicted molar refractivity (Wildman–Crippen MR) is 73.4 cm³/mol. The van der Waals surface area contributed by atoms with Crippen LogP contribution in [-0.2, 0) is 4.74 Å². The minimum Gasteiger partial charge on any atom is -0.372 e. The maximum atomic E-state index is 6.08. The van der Waals surface area contributed by atoms with Crippen molar-refractivity contribution in [2.45, 2.75) is 45.8 Å². The van der Waals surface area contributed by atoms with E-state index in [1.54, 1.807) is 0 Å². The molecule has 1 aromatic rings. The molecule has 0 bridgehead atoms. The van der Waals surface area contributed by atoms with Gasteiger partial charge in [-0.1, -0.05) is 25.4 Å². The maximum absolute atomic E-state index is 6.08. The van der Waals surface area contributed by atoms with Crippen LogP contribution in [0.25, 0.3) is 0 Å². The highest BCUT2D eigenvalue weighted by atomic mass is 35.5. The van der Waals surface area contributed by atoms with Gasteiger partial charge >= 0.3 is 0 Å². The van der Waals surface area contributed by atoms with Crippen molar-refractivity contribution in [3.63, 3.8) is 0 Å². The van der Waals surface area contributed by atoms with Gasteiger partial charge in [0.2, 0.25) is 0 Å². The molecule has 0 amide bonds. The molecule has 0 saturated carbocycles. The van der Waals surface area contributed by atoms with E-state index in [4.69, 9.17) is 16.3 Å². The lowest BCUT2D eigenvalue weighted by Gasteiger charge is -2.36. The van der Waals surface area contributed by atoms with Gasteiger partial charge in [0.05, 0.1) is 12.2 Å². The molecule has 1 aliphatic rings. The second-order valence-corrected chi connectivity index (χ2v) is 5.61. The van der Waals surface area contributed by atoms with Crippen LogP contribution >= 0.6 is 11.6 Å². The number of aromatic nitrogens is 2. The third kappa shape index (κ3) is 3.12. The molecule has 2 heterocycles. The van der Waals surface area contributed by atoms with Gasteiger partial charge in [0, 0.05) is 25.1 Å². The molecule has 0 aromatic carbocycles. The Bertz CT molecular complexity index is 415. The minimum atomic E-state index is 0.213. The molecule has 100 valence electrons. The Kier molecular flexibility index (Phi) is 4.07. The van der Waals surface area contributed by atoms with E-state index in [0.717, 1.165) is 24.7 Å². The standard InChI is InChI=1S/C13H20ClN3O/c1-8(2)13-15-11(14)5-12(16-13)17-6-9(3)18-10(4)7-17/h5,8-10H,6-7H2,1-4H3/t9-,10+. The van der Waals surface area contributed by atoms with Crippen LogP contribution < -0.4 is 4.90 Å². The third-order valence-corrected chi connectivity index (χ3v) is 3.15. The van der Waals surface area contributed by atoms with Crippen LogP contribution in [0, 0.1) is 0 Å². The first-order chi connectivity index (χ1) is 8.45. The lowest BCUT2D eigenvalue weighted by molar-refractivity contribution is -0.00548. The van der Waals surface area contributed by atoms with Crippen LogP contribution in [0.4, 0.5) is 5.82 Å². The minimum absolute atomic E-state index is 0.213. The fourth-order valence-corrected chi connectivity index (χ4v) is 2.39. The second-order valence-electron chi connectivity index (χ2n) is 5.22. The zero-order valence-corrected chi connectivity index (χ0v) is 12.1. The third-order valence-electron chi connectivity index (χ3n) is 2.96. The van der Waals surface area contributed by atoms with E-state index >= 15 is 0 Å². The molecular formula is C13H20ClN3O. The number of ether oxygens (including phenoxy) is 1. The number of rotatable bonds is 2. The lowest BCUT2D eigenvalue weighted by atomic mass is 10.2. The van der Waals surface area contributed by atoms with Crippen LogP contribution in [-0.4, -0.2) is 35.3 Å². The Labute approximate surface area is 113 Å². The van der Waals surface area contributed by atoms with Crippen molar-refractivity contribution in [2.75, 3.05) is 18.0 Å². The SMILES string of the molecule is CC(C)c1nc(Cl)cc(N2C[C@@H](C)O[C@@H](C)C2)n1. The van der Waals surface area contributed by atoms with Gasteiger partial charge in [0.15, 0.2) is 0 Å². The van der Waals surface area contributed by atoms with E-state index in [9.17, 15) is 0 Å². The molecule has 0 unspecified atom stereocenters. The van der Waals surface area contributed by atoms with Gasteiger partial charge in [-0.3, -0.25) is 0 Å². The van der Waals surface area contributed by atoms with Gasteiger partial charge in [-0.15, -0.1) is 0 Å². The highest BCUT2D eigenvalue weighted by molar-refractivity contribution is 6.29. The molecule has 18 heavy (non-hydrogen) atoms. The molecule has 4 nitrogen and oxygen atoms in total. The van der Waals surface area contributed by atoms with Gasteiger partial charge in [-0.25, -0.2) is 9.97 Å². The highest BCUT2D eigenvalue weighted by Gasteiger charge is 2.24. The molecule has 0 aliphatic carbocycles. The van der Waals surface area contributed by atoms with Gasteiger partial charge in [0.25, 0.3) is 0 Å². The summed E-state index contributed by atoms with van der Waals surface area (Å²) in [5, 5.41) is 0.510. The van der Waals surface area contributed by atoms with Crippen molar-refractivity contribution in [1.82, 2.24) is 9.97 Å². The van der Waals surface area contributed by atoms with E-state index in [2.05, 4.69) is 42.6 Å². The Morgan fingerprint density at radius 1 is 1.28 bits per heavy atom. The summed E-state index contributed by atoms with van der Waals surface area (Å²) < 4.78 is 5.73. The fourth-order valence-electron chi connectivity index (χ4n) is 2.21. The molecule has 1 aliphatic heterocycles. The molecular weight excluding hydrogens is 250 g/mol. The topological polar surface area (TPSA) is 38.2 Å². The van der Waals surface area contributed by atoms with Crippen molar-refractivity contribution >= 4 is 17.4 Å². The van der Waals surface area contributed by atoms with Crippen molar-refractivity contribution in [1.29, 1.82) is 0 Å². The van der Waals surface area contributed by atoms with E-state index in [1.807, 2.05) is 6.07 Å². The Hall–Kier alpha value is -0.870. The van der Waals surface area contributed by atoms with Crippen LogP contribution in [0.2, 0.25) is 5.15 Å². The number of hydrogen-bond acceptors (Lipinski definition) is 4. The van der Waals surface area contributed by atoms with Crippen LogP contribution in [0.3, 0.4) is 0 Å². The Morgan fingerprint density at radius 3 is 2.44 bits per heavy atom. The fraction of sp³-hybridized carbons (Fsp3) is 0.692. The average molecular weight is 270 g/mol. The highest BCUT2D eigenvalue weighted by Crippen LogP contribution is 2.23. The summed E-state index contributed by atoms with van der Waals surface area (Å²) in [5.41, 5.74) is 0. The number of morpholine rings is 1.